The molecule has 1 aromatic carbocycles. The number of hydrogen-bond acceptors (Lipinski definition) is 3. The number of nitrogens with one attached hydrogen (secondary N) is 1. The maximum absolute atomic E-state index is 12.0. The van der Waals surface area contributed by atoms with Crippen LogP contribution in [0.2, 0.25) is 0 Å². The fourth-order valence-electron chi connectivity index (χ4n) is 2.02. The molecule has 6 heteroatoms. The minimum Gasteiger partial charge on any atom is -0.494 e. The first kappa shape index (κ1) is 16.5. The van der Waals surface area contributed by atoms with Crippen molar-refractivity contribution in [2.75, 3.05) is 13.2 Å². The van der Waals surface area contributed by atoms with Crippen LogP contribution in [0.15, 0.2) is 34.9 Å². The molecule has 2 rings (SSSR count). The molecule has 22 heavy (non-hydrogen) atoms. The highest BCUT2D eigenvalue weighted by Gasteiger charge is 2.05. The van der Waals surface area contributed by atoms with E-state index in [0.29, 0.717) is 18.7 Å². The van der Waals surface area contributed by atoms with E-state index in [2.05, 4.69) is 26.3 Å². The van der Waals surface area contributed by atoms with Crippen molar-refractivity contribution in [1.82, 2.24) is 15.1 Å². The number of rotatable bonds is 7. The molecule has 0 fully saturated rings. The molecule has 0 aliphatic carbocycles. The van der Waals surface area contributed by atoms with E-state index in [1.54, 1.807) is 12.1 Å². The monoisotopic (exact) mass is 365 g/mol. The SMILES string of the molecule is CCOc1ccc(C(=O)NCCCn2cc(Br)c(C)n2)cc1. The molecule has 0 atom stereocenters. The Morgan fingerprint density at radius 3 is 2.68 bits per heavy atom. The lowest BCUT2D eigenvalue weighted by Crippen LogP contribution is -2.25. The van der Waals surface area contributed by atoms with E-state index in [9.17, 15) is 4.79 Å². The van der Waals surface area contributed by atoms with Crippen LogP contribution in [0.3, 0.4) is 0 Å². The van der Waals surface area contributed by atoms with E-state index in [0.717, 1.165) is 28.9 Å². The molecule has 5 nitrogen and oxygen atoms in total. The van der Waals surface area contributed by atoms with E-state index >= 15 is 0 Å². The number of carbonyl (C=O) groups excluding carboxylic acids is 1. The van der Waals surface area contributed by atoms with Crippen molar-refractivity contribution >= 4 is 21.8 Å². The average Bonchev–Trinajstić information content (AvgIpc) is 2.83. The van der Waals surface area contributed by atoms with E-state index in [-0.39, 0.29) is 5.91 Å². The van der Waals surface area contributed by atoms with Gasteiger partial charge in [0.15, 0.2) is 0 Å². The Balaban J connectivity index is 1.75. The van der Waals surface area contributed by atoms with Crippen molar-refractivity contribution in [3.05, 3.63) is 46.2 Å². The van der Waals surface area contributed by atoms with Crippen molar-refractivity contribution in [1.29, 1.82) is 0 Å². The van der Waals surface area contributed by atoms with Crippen molar-refractivity contribution in [3.8, 4) is 5.75 Å². The van der Waals surface area contributed by atoms with Crippen molar-refractivity contribution < 1.29 is 9.53 Å². The lowest BCUT2D eigenvalue weighted by molar-refractivity contribution is 0.0952. The lowest BCUT2D eigenvalue weighted by atomic mass is 10.2. The second-order valence-corrected chi connectivity index (χ2v) is 5.75. The fraction of sp³-hybridized carbons (Fsp3) is 0.375. The van der Waals surface area contributed by atoms with Gasteiger partial charge in [-0.1, -0.05) is 0 Å². The highest BCUT2D eigenvalue weighted by Crippen LogP contribution is 2.13. The van der Waals surface area contributed by atoms with E-state index < -0.39 is 0 Å². The number of halogens is 1. The van der Waals surface area contributed by atoms with Crippen LogP contribution in [0.25, 0.3) is 0 Å². The summed E-state index contributed by atoms with van der Waals surface area (Å²) in [6.45, 7) is 5.89. The van der Waals surface area contributed by atoms with Gasteiger partial charge in [-0.15, -0.1) is 0 Å². The third-order valence-electron chi connectivity index (χ3n) is 3.16. The number of ether oxygens (including phenoxy) is 1. The molecule has 0 saturated carbocycles. The summed E-state index contributed by atoms with van der Waals surface area (Å²) in [5, 5.41) is 7.26. The third-order valence-corrected chi connectivity index (χ3v) is 3.94. The molecular weight excluding hydrogens is 346 g/mol. The molecule has 1 amide bonds. The summed E-state index contributed by atoms with van der Waals surface area (Å²) >= 11 is 3.43. The minimum atomic E-state index is -0.0686. The van der Waals surface area contributed by atoms with Gasteiger partial charge in [-0.05, 0) is 60.5 Å². The van der Waals surface area contributed by atoms with Crippen LogP contribution in [0.1, 0.15) is 29.4 Å². The Hall–Kier alpha value is -1.82. The first-order chi connectivity index (χ1) is 10.6. The van der Waals surface area contributed by atoms with Crippen LogP contribution < -0.4 is 10.1 Å². The normalized spacial score (nSPS) is 10.5. The fourth-order valence-corrected chi connectivity index (χ4v) is 2.34. The third kappa shape index (κ3) is 4.59. The summed E-state index contributed by atoms with van der Waals surface area (Å²) in [6, 6.07) is 7.16. The summed E-state index contributed by atoms with van der Waals surface area (Å²) in [4.78, 5) is 12.0. The number of aromatic nitrogens is 2. The zero-order valence-electron chi connectivity index (χ0n) is 12.8. The molecule has 1 heterocycles. The Morgan fingerprint density at radius 1 is 1.36 bits per heavy atom. The highest BCUT2D eigenvalue weighted by atomic mass is 79.9. The molecule has 0 saturated heterocycles. The van der Waals surface area contributed by atoms with Gasteiger partial charge in [0.25, 0.3) is 5.91 Å². The summed E-state index contributed by atoms with van der Waals surface area (Å²) in [5.74, 6) is 0.708. The lowest BCUT2D eigenvalue weighted by Gasteiger charge is -2.07. The number of amides is 1. The van der Waals surface area contributed by atoms with Gasteiger partial charge in [-0.25, -0.2) is 0 Å². The minimum absolute atomic E-state index is 0.0686. The molecule has 0 radical (unpaired) electrons. The van der Waals surface area contributed by atoms with Crippen molar-refractivity contribution in [2.45, 2.75) is 26.8 Å². The standard InChI is InChI=1S/C16H20BrN3O2/c1-3-22-14-7-5-13(6-8-14)16(21)18-9-4-10-20-11-15(17)12(2)19-20/h5-8,11H,3-4,9-10H2,1-2H3,(H,18,21). The van der Waals surface area contributed by atoms with Crippen LogP contribution in [0.4, 0.5) is 0 Å². The summed E-state index contributed by atoms with van der Waals surface area (Å²) in [5.41, 5.74) is 1.61. The van der Waals surface area contributed by atoms with Crippen molar-refractivity contribution in [2.24, 2.45) is 0 Å². The van der Waals surface area contributed by atoms with E-state index in [1.165, 1.54) is 0 Å². The highest BCUT2D eigenvalue weighted by molar-refractivity contribution is 9.10. The maximum Gasteiger partial charge on any atom is 0.251 e. The number of nitrogens with zero attached hydrogens (tertiary/aromatic N) is 2. The van der Waals surface area contributed by atoms with Gasteiger partial charge in [-0.2, -0.15) is 5.10 Å². The molecule has 0 aliphatic heterocycles. The topological polar surface area (TPSA) is 56.1 Å². The van der Waals surface area contributed by atoms with Crippen LogP contribution in [0.5, 0.6) is 5.75 Å². The Labute approximate surface area is 138 Å². The molecule has 1 N–H and O–H groups in total. The molecule has 0 unspecified atom stereocenters. The molecule has 0 aliphatic rings. The molecule has 118 valence electrons. The Bertz CT molecular complexity index is 603. The Kier molecular flexibility index (Phi) is 6.00. The molecule has 1 aromatic heterocycles. The number of benzene rings is 1. The van der Waals surface area contributed by atoms with Crippen LogP contribution in [-0.4, -0.2) is 28.8 Å². The summed E-state index contributed by atoms with van der Waals surface area (Å²) in [6.07, 6.45) is 2.78. The molecule has 0 spiro atoms. The van der Waals surface area contributed by atoms with E-state index in [4.69, 9.17) is 4.74 Å². The summed E-state index contributed by atoms with van der Waals surface area (Å²) < 4.78 is 8.24. The first-order valence-corrected chi connectivity index (χ1v) is 8.10. The molecular formula is C16H20BrN3O2. The second kappa shape index (κ2) is 7.98. The van der Waals surface area contributed by atoms with Gasteiger partial charge in [0.1, 0.15) is 5.75 Å². The Morgan fingerprint density at radius 2 is 2.09 bits per heavy atom. The van der Waals surface area contributed by atoms with Gasteiger partial charge in [-0.3, -0.25) is 9.48 Å². The van der Waals surface area contributed by atoms with Gasteiger partial charge < -0.3 is 10.1 Å². The summed E-state index contributed by atoms with van der Waals surface area (Å²) in [7, 11) is 0. The van der Waals surface area contributed by atoms with Gasteiger partial charge in [0.05, 0.1) is 16.8 Å². The smallest absolute Gasteiger partial charge is 0.251 e. The zero-order valence-corrected chi connectivity index (χ0v) is 14.4. The second-order valence-electron chi connectivity index (χ2n) is 4.89. The van der Waals surface area contributed by atoms with Crippen LogP contribution >= 0.6 is 15.9 Å². The van der Waals surface area contributed by atoms with E-state index in [1.807, 2.05) is 36.9 Å². The molecule has 2 aromatic rings. The van der Waals surface area contributed by atoms with Crippen molar-refractivity contribution in [3.63, 3.8) is 0 Å². The quantitative estimate of drug-likeness (QED) is 0.766. The largest absolute Gasteiger partial charge is 0.494 e. The van der Waals surface area contributed by atoms with Gasteiger partial charge in [0, 0.05) is 24.8 Å². The average molecular weight is 366 g/mol. The van der Waals surface area contributed by atoms with Crippen LogP contribution in [0, 0.1) is 6.92 Å². The van der Waals surface area contributed by atoms with Gasteiger partial charge >= 0.3 is 0 Å². The predicted octanol–water partition coefficient (Wildman–Crippen LogP) is 3.17. The maximum atomic E-state index is 12.0. The van der Waals surface area contributed by atoms with Crippen LogP contribution in [-0.2, 0) is 6.54 Å². The molecule has 0 bridgehead atoms. The first-order valence-electron chi connectivity index (χ1n) is 7.30. The predicted molar refractivity (Wildman–Crippen MR) is 89.2 cm³/mol. The zero-order chi connectivity index (χ0) is 15.9. The number of aryl methyl sites for hydroxylation is 2. The number of carbonyl (C=O) groups is 1. The number of hydrogen-bond donors (Lipinski definition) is 1. The van der Waals surface area contributed by atoms with Gasteiger partial charge in [0.2, 0.25) is 0 Å².